The Bertz CT molecular complexity index is 1600. The summed E-state index contributed by atoms with van der Waals surface area (Å²) >= 11 is 0. The molecule has 0 fully saturated rings. The summed E-state index contributed by atoms with van der Waals surface area (Å²) in [6.45, 7) is 0. The van der Waals surface area contributed by atoms with Crippen LogP contribution >= 0.6 is 0 Å². The van der Waals surface area contributed by atoms with Crippen molar-refractivity contribution >= 4 is 61.7 Å². The average molecular weight is 569 g/mol. The Morgan fingerprint density at radius 1 is 0.424 bits per heavy atom. The Morgan fingerprint density at radius 2 is 0.636 bits per heavy atom. The molecule has 0 amide bonds. The van der Waals surface area contributed by atoms with Gasteiger partial charge in [0.1, 0.15) is 19.6 Å². The molecule has 0 bridgehead atoms. The van der Waals surface area contributed by atoms with Gasteiger partial charge in [-0.05, 0) is 24.3 Å². The standard InChI is InChI=1S/C12H12N2O14S5/c13-5-1-9(30(17,18)19)11(32(23,24)25)3-7(5)29(15,16)8-4-12(33(26,27)28)10(2-6(8)14)31(20,21)22/h1-4H,13-14H2,(H,17,18,19)(H,20,21,22)(H,23,24,25)(H,26,27,28). The number of nitrogen functional groups attached to an aromatic ring is 2. The first-order chi connectivity index (χ1) is 14.5. The molecule has 8 N–H and O–H groups in total. The van der Waals surface area contributed by atoms with Gasteiger partial charge in [-0.3, -0.25) is 18.2 Å². The zero-order valence-corrected chi connectivity index (χ0v) is 19.5. The summed E-state index contributed by atoms with van der Waals surface area (Å²) in [6, 6.07) is 0.314. The fourth-order valence-corrected chi connectivity index (χ4v) is 7.78. The number of rotatable bonds is 6. The van der Waals surface area contributed by atoms with E-state index in [-0.39, 0.29) is 24.3 Å². The molecule has 0 spiro atoms. The SMILES string of the molecule is Nc1cc(S(=O)(=O)O)c(S(=O)(=O)O)cc1S(=O)(=O)c1cc(S(=O)(=O)O)c(S(=O)(=O)O)cc1N. The van der Waals surface area contributed by atoms with Gasteiger partial charge in [-0.1, -0.05) is 0 Å². The van der Waals surface area contributed by atoms with Crippen LogP contribution in [0.25, 0.3) is 0 Å². The summed E-state index contributed by atoms with van der Waals surface area (Å²) in [7, 11) is -27.0. The first-order valence-corrected chi connectivity index (χ1v) is 14.8. The van der Waals surface area contributed by atoms with Gasteiger partial charge >= 0.3 is 0 Å². The van der Waals surface area contributed by atoms with Gasteiger partial charge in [0, 0.05) is 0 Å². The highest BCUT2D eigenvalue weighted by molar-refractivity contribution is 7.92. The van der Waals surface area contributed by atoms with Crippen LogP contribution < -0.4 is 11.5 Å². The van der Waals surface area contributed by atoms with Crippen LogP contribution in [0.2, 0.25) is 0 Å². The van der Waals surface area contributed by atoms with E-state index >= 15 is 0 Å². The second kappa shape index (κ2) is 7.85. The van der Waals surface area contributed by atoms with Gasteiger partial charge in [-0.25, -0.2) is 8.42 Å². The maximum atomic E-state index is 13.0. The fourth-order valence-electron chi connectivity index (χ4n) is 2.50. The van der Waals surface area contributed by atoms with Crippen molar-refractivity contribution in [1.82, 2.24) is 0 Å². The van der Waals surface area contributed by atoms with E-state index in [9.17, 15) is 51.2 Å². The van der Waals surface area contributed by atoms with Crippen LogP contribution in [0.1, 0.15) is 0 Å². The summed E-state index contributed by atoms with van der Waals surface area (Å²) in [5.41, 5.74) is 8.82. The van der Waals surface area contributed by atoms with E-state index in [2.05, 4.69) is 0 Å². The molecule has 0 saturated carbocycles. The van der Waals surface area contributed by atoms with Crippen LogP contribution in [0.4, 0.5) is 11.4 Å². The number of anilines is 2. The molecule has 2 aromatic carbocycles. The van der Waals surface area contributed by atoms with Gasteiger partial charge in [0.25, 0.3) is 40.5 Å². The summed E-state index contributed by atoms with van der Waals surface area (Å²) in [4.78, 5) is -8.85. The molecule has 0 atom stereocenters. The van der Waals surface area contributed by atoms with Crippen molar-refractivity contribution in [3.63, 3.8) is 0 Å². The Kier molecular flexibility index (Phi) is 6.39. The van der Waals surface area contributed by atoms with Gasteiger partial charge in [-0.15, -0.1) is 0 Å². The lowest BCUT2D eigenvalue weighted by Gasteiger charge is -2.15. The monoisotopic (exact) mass is 568 g/mol. The second-order valence-corrected chi connectivity index (χ2v) is 13.5. The maximum absolute atomic E-state index is 13.0. The molecule has 0 aliphatic heterocycles. The highest BCUT2D eigenvalue weighted by atomic mass is 32.2. The average Bonchev–Trinajstić information content (AvgIpc) is 2.57. The van der Waals surface area contributed by atoms with E-state index in [1.165, 1.54) is 0 Å². The number of nitrogens with two attached hydrogens (primary N) is 2. The quantitative estimate of drug-likeness (QED) is 0.174. The molecule has 0 unspecified atom stereocenters. The summed E-state index contributed by atoms with van der Waals surface area (Å²) < 4.78 is 155. The number of hydrogen-bond donors (Lipinski definition) is 6. The van der Waals surface area contributed by atoms with E-state index in [0.29, 0.717) is 0 Å². The lowest BCUT2D eigenvalue weighted by Crippen LogP contribution is -2.16. The molecule has 2 rings (SSSR count). The number of benzene rings is 2. The van der Waals surface area contributed by atoms with Crippen LogP contribution in [0.15, 0.2) is 53.6 Å². The molecule has 21 heteroatoms. The lowest BCUT2D eigenvalue weighted by atomic mass is 10.3. The molecule has 16 nitrogen and oxygen atoms in total. The van der Waals surface area contributed by atoms with Gasteiger partial charge < -0.3 is 11.5 Å². The Labute approximate surface area is 186 Å². The van der Waals surface area contributed by atoms with Crippen molar-refractivity contribution in [3.05, 3.63) is 24.3 Å². The smallest absolute Gasteiger partial charge is 0.295 e. The summed E-state index contributed by atoms with van der Waals surface area (Å²) in [5, 5.41) is 0. The molecule has 0 radical (unpaired) electrons. The second-order valence-electron chi connectivity index (χ2n) is 6.08. The van der Waals surface area contributed by atoms with Gasteiger partial charge in [0.2, 0.25) is 9.84 Å². The predicted octanol–water partition coefficient (Wildman–Crippen LogP) is -1.33. The maximum Gasteiger partial charge on any atom is 0.295 e. The van der Waals surface area contributed by atoms with Crippen LogP contribution in [0.3, 0.4) is 0 Å². The zero-order valence-electron chi connectivity index (χ0n) is 15.4. The molecule has 0 aliphatic carbocycles. The topological polar surface area (TPSA) is 304 Å². The minimum Gasteiger partial charge on any atom is -0.398 e. The molecule has 0 aromatic heterocycles. The van der Waals surface area contributed by atoms with Crippen LogP contribution in [0, 0.1) is 0 Å². The first-order valence-electron chi connectivity index (χ1n) is 7.51. The van der Waals surface area contributed by atoms with Crippen molar-refractivity contribution in [2.45, 2.75) is 29.4 Å². The fraction of sp³-hybridized carbons (Fsp3) is 0. The van der Waals surface area contributed by atoms with Crippen LogP contribution in [0.5, 0.6) is 0 Å². The van der Waals surface area contributed by atoms with E-state index in [0.717, 1.165) is 0 Å². The molecule has 0 heterocycles. The van der Waals surface area contributed by atoms with Crippen molar-refractivity contribution in [1.29, 1.82) is 0 Å². The van der Waals surface area contributed by atoms with Gasteiger partial charge in [0.05, 0.1) is 21.2 Å². The third-order valence-electron chi connectivity index (χ3n) is 3.84. The van der Waals surface area contributed by atoms with Crippen molar-refractivity contribution < 1.29 is 60.3 Å². The van der Waals surface area contributed by atoms with Gasteiger partial charge in [-0.2, -0.15) is 33.7 Å². The van der Waals surface area contributed by atoms with E-state index < -0.39 is 91.1 Å². The lowest BCUT2D eigenvalue weighted by molar-refractivity contribution is 0.466. The molecular weight excluding hydrogens is 556 g/mol. The summed E-state index contributed by atoms with van der Waals surface area (Å²) in [6.07, 6.45) is 0. The Balaban J connectivity index is 3.06. The predicted molar refractivity (Wildman–Crippen MR) is 106 cm³/mol. The molecular formula is C12H12N2O14S5. The molecule has 0 saturated heterocycles. The highest BCUT2D eigenvalue weighted by Gasteiger charge is 2.34. The van der Waals surface area contributed by atoms with E-state index in [4.69, 9.17) is 20.6 Å². The van der Waals surface area contributed by atoms with E-state index in [1.807, 2.05) is 0 Å². The van der Waals surface area contributed by atoms with Crippen molar-refractivity contribution in [2.75, 3.05) is 11.5 Å². The third kappa shape index (κ3) is 5.25. The van der Waals surface area contributed by atoms with Gasteiger partial charge in [0.15, 0.2) is 0 Å². The van der Waals surface area contributed by atoms with Crippen molar-refractivity contribution in [2.24, 2.45) is 0 Å². The molecule has 33 heavy (non-hydrogen) atoms. The van der Waals surface area contributed by atoms with Crippen LogP contribution in [-0.4, -0.2) is 60.3 Å². The first kappa shape index (κ1) is 26.9. The molecule has 0 aliphatic rings. The molecule has 2 aromatic rings. The molecule has 184 valence electrons. The van der Waals surface area contributed by atoms with E-state index in [1.54, 1.807) is 0 Å². The number of hydrogen-bond acceptors (Lipinski definition) is 12. The Morgan fingerprint density at radius 3 is 0.848 bits per heavy atom. The van der Waals surface area contributed by atoms with Crippen LogP contribution in [-0.2, 0) is 50.3 Å². The largest absolute Gasteiger partial charge is 0.398 e. The summed E-state index contributed by atoms with van der Waals surface area (Å²) in [5.74, 6) is 0. The zero-order chi connectivity index (χ0) is 25.9. The minimum atomic E-state index is -5.50. The normalized spacial score (nSPS) is 13.7. The number of sulfone groups is 1. The highest BCUT2D eigenvalue weighted by Crippen LogP contribution is 2.37. The Hall–Kier alpha value is -2.37. The van der Waals surface area contributed by atoms with Crippen molar-refractivity contribution in [3.8, 4) is 0 Å². The minimum absolute atomic E-state index is 0.00631. The third-order valence-corrected chi connectivity index (χ3v) is 9.54.